The molecule has 3 N–H and O–H groups in total. The lowest BCUT2D eigenvalue weighted by molar-refractivity contribution is -0.143. The SMILES string of the molecule is CCCCCCCC/C=C\CCCCCCCCCC(=O)OCCCCCCCCCCCCCC/C=C\CCCCCCCCCCCCCCC(=O)NC(CO)C(O)/C=C/CCCCCCCCCCCCCCCCCCCCC. The molecule has 6 nitrogen and oxygen atoms in total. The Morgan fingerprint density at radius 2 is 0.566 bits per heavy atom. The smallest absolute Gasteiger partial charge is 0.305 e. The topological polar surface area (TPSA) is 95.9 Å². The molecule has 0 bridgehead atoms. The third kappa shape index (κ3) is 69.1. The summed E-state index contributed by atoms with van der Waals surface area (Å²) in [5, 5.41) is 23.3. The van der Waals surface area contributed by atoms with E-state index in [-0.39, 0.29) is 18.5 Å². The summed E-state index contributed by atoms with van der Waals surface area (Å²) < 4.78 is 5.50. The first kappa shape index (κ1) is 81.1. The number of aliphatic hydroxyl groups is 2. The summed E-state index contributed by atoms with van der Waals surface area (Å²) in [6, 6.07) is -0.629. The molecule has 83 heavy (non-hydrogen) atoms. The first-order valence-corrected chi connectivity index (χ1v) is 37.8. The van der Waals surface area contributed by atoms with Crippen LogP contribution in [-0.2, 0) is 14.3 Å². The molecule has 0 spiro atoms. The van der Waals surface area contributed by atoms with E-state index >= 15 is 0 Å². The lowest BCUT2D eigenvalue weighted by Gasteiger charge is -2.20. The first-order valence-electron chi connectivity index (χ1n) is 37.8. The standard InChI is InChI=1S/C77H147NO5/c1-3-5-7-9-11-13-15-17-19-21-22-31-34-38-41-45-49-53-57-61-65-69-75(80)74(73-79)78-76(81)70-66-62-58-54-50-46-42-39-35-32-29-27-25-23-24-26-28-30-33-36-40-44-48-52-56-60-64-68-72-83-77(82)71-67-63-59-55-51-47-43-37-20-18-16-14-12-10-8-6-4-2/h18,20,23-24,65,69,74-75,79-80H,3-17,19,21-22,25-64,66-68,70-73H2,1-2H3,(H,78,81)/b20-18-,24-23-,69-65+. The van der Waals surface area contributed by atoms with Crippen molar-refractivity contribution in [2.45, 2.75) is 431 Å². The third-order valence-corrected chi connectivity index (χ3v) is 17.6. The van der Waals surface area contributed by atoms with Crippen LogP contribution in [0.3, 0.4) is 0 Å². The Bertz CT molecular complexity index is 1340. The zero-order valence-electron chi connectivity index (χ0n) is 56.2. The number of unbranched alkanes of at least 4 members (excludes halogenated alkanes) is 56. The van der Waals surface area contributed by atoms with Gasteiger partial charge in [0.15, 0.2) is 0 Å². The number of nitrogens with one attached hydrogen (secondary N) is 1. The van der Waals surface area contributed by atoms with Crippen LogP contribution in [0.5, 0.6) is 0 Å². The molecule has 6 heteroatoms. The van der Waals surface area contributed by atoms with E-state index in [1.807, 2.05) is 6.08 Å². The van der Waals surface area contributed by atoms with Gasteiger partial charge in [-0.15, -0.1) is 0 Å². The summed E-state index contributed by atoms with van der Waals surface area (Å²) in [4.78, 5) is 24.6. The highest BCUT2D eigenvalue weighted by molar-refractivity contribution is 5.76. The molecule has 0 saturated carbocycles. The molecular formula is C77H147NO5. The maximum absolute atomic E-state index is 12.5. The fraction of sp³-hybridized carbons (Fsp3) is 0.896. The average molecular weight is 1170 g/mol. The number of ether oxygens (including phenoxy) is 1. The average Bonchev–Trinajstić information content (AvgIpc) is 3.49. The summed E-state index contributed by atoms with van der Waals surface area (Å²) in [5.41, 5.74) is 0. The van der Waals surface area contributed by atoms with E-state index in [1.54, 1.807) is 6.08 Å². The lowest BCUT2D eigenvalue weighted by atomic mass is 10.0. The van der Waals surface area contributed by atoms with Gasteiger partial charge in [0.1, 0.15) is 0 Å². The van der Waals surface area contributed by atoms with Crippen LogP contribution in [0.2, 0.25) is 0 Å². The van der Waals surface area contributed by atoms with E-state index in [0.717, 1.165) is 44.9 Å². The predicted octanol–water partition coefficient (Wildman–Crippen LogP) is 24.7. The zero-order chi connectivity index (χ0) is 59.9. The maximum atomic E-state index is 12.5. The van der Waals surface area contributed by atoms with Gasteiger partial charge in [-0.1, -0.05) is 359 Å². The van der Waals surface area contributed by atoms with Crippen molar-refractivity contribution in [2.75, 3.05) is 13.2 Å². The van der Waals surface area contributed by atoms with Gasteiger partial charge in [0.25, 0.3) is 0 Å². The number of rotatable bonds is 71. The number of carbonyl (C=O) groups excluding carboxylic acids is 2. The number of hydrogen-bond donors (Lipinski definition) is 3. The van der Waals surface area contributed by atoms with Crippen LogP contribution in [0.15, 0.2) is 36.5 Å². The Morgan fingerprint density at radius 1 is 0.325 bits per heavy atom. The van der Waals surface area contributed by atoms with Crippen molar-refractivity contribution in [3.63, 3.8) is 0 Å². The Hall–Kier alpha value is -1.92. The van der Waals surface area contributed by atoms with E-state index in [4.69, 9.17) is 4.74 Å². The van der Waals surface area contributed by atoms with Crippen LogP contribution < -0.4 is 5.32 Å². The summed E-state index contributed by atoms with van der Waals surface area (Å²) in [6.45, 7) is 4.94. The van der Waals surface area contributed by atoms with E-state index in [9.17, 15) is 19.8 Å². The summed E-state index contributed by atoms with van der Waals surface area (Å²) in [7, 11) is 0. The summed E-state index contributed by atoms with van der Waals surface area (Å²) >= 11 is 0. The third-order valence-electron chi connectivity index (χ3n) is 17.6. The normalized spacial score (nSPS) is 12.7. The minimum Gasteiger partial charge on any atom is -0.466 e. The minimum absolute atomic E-state index is 0.0128. The van der Waals surface area contributed by atoms with Gasteiger partial charge in [-0.25, -0.2) is 0 Å². The second-order valence-corrected chi connectivity index (χ2v) is 26.0. The molecule has 0 heterocycles. The van der Waals surface area contributed by atoms with E-state index in [1.165, 1.54) is 347 Å². The molecule has 0 aliphatic heterocycles. The van der Waals surface area contributed by atoms with Crippen LogP contribution in [0.25, 0.3) is 0 Å². The van der Waals surface area contributed by atoms with Gasteiger partial charge in [-0.3, -0.25) is 9.59 Å². The van der Waals surface area contributed by atoms with Gasteiger partial charge in [-0.05, 0) is 83.5 Å². The van der Waals surface area contributed by atoms with Crippen LogP contribution in [0.4, 0.5) is 0 Å². The molecule has 2 unspecified atom stereocenters. The quantitative estimate of drug-likeness (QED) is 0.0320. The second-order valence-electron chi connectivity index (χ2n) is 26.0. The van der Waals surface area contributed by atoms with Crippen LogP contribution in [-0.4, -0.2) is 47.4 Å². The van der Waals surface area contributed by atoms with Crippen LogP contribution >= 0.6 is 0 Å². The molecule has 0 aliphatic rings. The number of esters is 1. The Balaban J connectivity index is 3.40. The molecule has 0 aromatic heterocycles. The summed E-state index contributed by atoms with van der Waals surface area (Å²) in [5.74, 6) is -0.0511. The van der Waals surface area contributed by atoms with Crippen LogP contribution in [0, 0.1) is 0 Å². The van der Waals surface area contributed by atoms with Crippen molar-refractivity contribution in [1.82, 2.24) is 5.32 Å². The zero-order valence-corrected chi connectivity index (χ0v) is 56.2. The second kappa shape index (κ2) is 72.6. The van der Waals surface area contributed by atoms with Gasteiger partial charge < -0.3 is 20.3 Å². The Labute approximate surface area is 519 Å². The van der Waals surface area contributed by atoms with E-state index in [2.05, 4.69) is 43.5 Å². The number of hydrogen-bond acceptors (Lipinski definition) is 5. The predicted molar refractivity (Wildman–Crippen MR) is 366 cm³/mol. The lowest BCUT2D eigenvalue weighted by Crippen LogP contribution is -2.45. The molecule has 0 aromatic carbocycles. The highest BCUT2D eigenvalue weighted by atomic mass is 16.5. The van der Waals surface area contributed by atoms with Crippen molar-refractivity contribution in [3.8, 4) is 0 Å². The molecule has 0 aromatic rings. The highest BCUT2D eigenvalue weighted by Gasteiger charge is 2.18. The molecule has 1 amide bonds. The Morgan fingerprint density at radius 3 is 0.855 bits per heavy atom. The molecule has 0 aliphatic carbocycles. The first-order chi connectivity index (χ1) is 41.0. The monoisotopic (exact) mass is 1170 g/mol. The molecule has 490 valence electrons. The molecule has 0 rings (SSSR count). The van der Waals surface area contributed by atoms with Gasteiger partial charge in [-0.2, -0.15) is 0 Å². The number of aliphatic hydroxyl groups excluding tert-OH is 2. The minimum atomic E-state index is -0.846. The number of carbonyl (C=O) groups is 2. The summed E-state index contributed by atoms with van der Waals surface area (Å²) in [6.07, 6.45) is 93.8. The molecule has 0 radical (unpaired) electrons. The van der Waals surface area contributed by atoms with Gasteiger partial charge in [0.2, 0.25) is 5.91 Å². The largest absolute Gasteiger partial charge is 0.466 e. The Kier molecular flexibility index (Phi) is 70.9. The van der Waals surface area contributed by atoms with Crippen molar-refractivity contribution < 1.29 is 24.5 Å². The van der Waals surface area contributed by atoms with Gasteiger partial charge in [0, 0.05) is 12.8 Å². The fourth-order valence-electron chi connectivity index (χ4n) is 11.9. The molecule has 0 saturated heterocycles. The van der Waals surface area contributed by atoms with Crippen molar-refractivity contribution >= 4 is 11.9 Å². The number of amides is 1. The highest BCUT2D eigenvalue weighted by Crippen LogP contribution is 2.19. The van der Waals surface area contributed by atoms with Crippen molar-refractivity contribution in [1.29, 1.82) is 0 Å². The van der Waals surface area contributed by atoms with Crippen LogP contribution in [0.1, 0.15) is 418 Å². The van der Waals surface area contributed by atoms with E-state index in [0.29, 0.717) is 19.4 Å². The van der Waals surface area contributed by atoms with Gasteiger partial charge in [0.05, 0.1) is 25.4 Å². The fourth-order valence-corrected chi connectivity index (χ4v) is 11.9. The molecule has 0 fully saturated rings. The van der Waals surface area contributed by atoms with Gasteiger partial charge >= 0.3 is 5.97 Å². The van der Waals surface area contributed by atoms with Crippen molar-refractivity contribution in [2.24, 2.45) is 0 Å². The van der Waals surface area contributed by atoms with Crippen molar-refractivity contribution in [3.05, 3.63) is 36.5 Å². The molecule has 2 atom stereocenters. The number of allylic oxidation sites excluding steroid dienone is 5. The molecular weight excluding hydrogens is 1020 g/mol. The van der Waals surface area contributed by atoms with E-state index < -0.39 is 12.1 Å². The maximum Gasteiger partial charge on any atom is 0.305 e.